The number of benzene rings is 2. The predicted molar refractivity (Wildman–Crippen MR) is 145 cm³/mol. The zero-order valence-electron chi connectivity index (χ0n) is 21.9. The van der Waals surface area contributed by atoms with Crippen molar-refractivity contribution in [3.8, 4) is 0 Å². The molecule has 0 aromatic heterocycles. The van der Waals surface area contributed by atoms with Crippen molar-refractivity contribution in [3.63, 3.8) is 0 Å². The number of aliphatic imine (C=N–C) groups is 1. The summed E-state index contributed by atoms with van der Waals surface area (Å²) >= 11 is 0. The largest absolute Gasteiger partial charge is 0.460 e. The number of nitrogens with zero attached hydrogens (tertiary/aromatic N) is 2. The molecule has 1 saturated heterocycles. The summed E-state index contributed by atoms with van der Waals surface area (Å²) in [5.74, 6) is 1.07. The maximum atomic E-state index is 12.5. The quantitative estimate of drug-likeness (QED) is 0.354. The molecule has 1 aliphatic heterocycles. The number of alkyl carbamates (subject to hydrolysis) is 1. The van der Waals surface area contributed by atoms with Gasteiger partial charge in [0.25, 0.3) is 0 Å². The van der Waals surface area contributed by atoms with Gasteiger partial charge in [0.2, 0.25) is 0 Å². The van der Waals surface area contributed by atoms with Crippen molar-refractivity contribution in [3.05, 3.63) is 89.6 Å². The average molecular weight is 502 g/mol. The second-order valence-corrected chi connectivity index (χ2v) is 10.3. The van der Waals surface area contributed by atoms with Gasteiger partial charge in [-0.3, -0.25) is 0 Å². The van der Waals surface area contributed by atoms with E-state index in [0.717, 1.165) is 35.6 Å². The number of amides is 1. The Balaban J connectivity index is 1.39. The number of carbonyl (C=O) groups is 2. The first-order valence-electron chi connectivity index (χ1n) is 12.7. The third kappa shape index (κ3) is 7.09. The molecule has 1 amide bonds. The molecule has 1 aliphatic carbocycles. The van der Waals surface area contributed by atoms with Crippen LogP contribution < -0.4 is 5.32 Å². The van der Waals surface area contributed by atoms with E-state index in [-0.39, 0.29) is 19.2 Å². The van der Waals surface area contributed by atoms with Crippen molar-refractivity contribution < 1.29 is 19.1 Å². The number of hydrogen-bond donors (Lipinski definition) is 1. The first-order valence-corrected chi connectivity index (χ1v) is 12.7. The lowest BCUT2D eigenvalue weighted by Crippen LogP contribution is -2.45. The van der Waals surface area contributed by atoms with E-state index >= 15 is 0 Å². The van der Waals surface area contributed by atoms with Gasteiger partial charge in [-0.05, 0) is 69.0 Å². The first-order chi connectivity index (χ1) is 17.7. The lowest BCUT2D eigenvalue weighted by atomic mass is 9.89. The molecule has 2 aromatic carbocycles. The Bertz CT molecular complexity index is 1190. The molecule has 194 valence electrons. The Kier molecular flexibility index (Phi) is 8.11. The van der Waals surface area contributed by atoms with E-state index in [1.807, 2.05) is 42.5 Å². The Morgan fingerprint density at radius 1 is 1.08 bits per heavy atom. The van der Waals surface area contributed by atoms with Crippen LogP contribution in [0.25, 0.3) is 0 Å². The number of hydrogen-bond acceptors (Lipinski definition) is 5. The number of amidine groups is 1. The summed E-state index contributed by atoms with van der Waals surface area (Å²) in [5, 5.41) is 2.58. The Morgan fingerprint density at radius 3 is 2.49 bits per heavy atom. The smallest absolute Gasteiger partial charge is 0.407 e. The van der Waals surface area contributed by atoms with E-state index in [4.69, 9.17) is 14.5 Å². The summed E-state index contributed by atoms with van der Waals surface area (Å²) in [4.78, 5) is 31.4. The van der Waals surface area contributed by atoms with Crippen LogP contribution in [0.2, 0.25) is 0 Å². The summed E-state index contributed by atoms with van der Waals surface area (Å²) in [6, 6.07) is 17.7. The van der Waals surface area contributed by atoms with E-state index in [9.17, 15) is 9.59 Å². The van der Waals surface area contributed by atoms with Crippen LogP contribution in [0.15, 0.2) is 83.5 Å². The molecule has 0 saturated carbocycles. The van der Waals surface area contributed by atoms with Gasteiger partial charge in [0.15, 0.2) is 0 Å². The van der Waals surface area contributed by atoms with E-state index in [2.05, 4.69) is 35.4 Å². The number of esters is 1. The van der Waals surface area contributed by atoms with E-state index in [1.54, 1.807) is 32.9 Å². The van der Waals surface area contributed by atoms with Gasteiger partial charge in [-0.1, -0.05) is 49.4 Å². The molecule has 7 heteroatoms. The van der Waals surface area contributed by atoms with Crippen molar-refractivity contribution >= 4 is 23.6 Å². The number of likely N-dealkylation sites (tertiary alicyclic amines) is 1. The van der Waals surface area contributed by atoms with Gasteiger partial charge in [0, 0.05) is 12.1 Å². The fourth-order valence-corrected chi connectivity index (χ4v) is 4.29. The number of allylic oxidation sites excluding steroid dienone is 3. The van der Waals surface area contributed by atoms with Crippen molar-refractivity contribution in [2.75, 3.05) is 13.2 Å². The molecule has 37 heavy (non-hydrogen) atoms. The van der Waals surface area contributed by atoms with Gasteiger partial charge < -0.3 is 19.7 Å². The summed E-state index contributed by atoms with van der Waals surface area (Å²) in [6.45, 7) is 7.84. The third-order valence-electron chi connectivity index (χ3n) is 6.04. The highest BCUT2D eigenvalue weighted by Gasteiger charge is 2.37. The molecule has 4 rings (SSSR count). The first kappa shape index (κ1) is 26.2. The van der Waals surface area contributed by atoms with Crippen LogP contribution in [-0.4, -0.2) is 41.6 Å². The molecule has 0 bridgehead atoms. The normalized spacial score (nSPS) is 20.2. The number of para-hydroxylation sites is 1. The molecule has 1 heterocycles. The molecule has 2 atom stereocenters. The van der Waals surface area contributed by atoms with Gasteiger partial charge in [0.1, 0.15) is 18.0 Å². The molecule has 0 radical (unpaired) electrons. The maximum Gasteiger partial charge on any atom is 0.407 e. The topological polar surface area (TPSA) is 80.2 Å². The minimum atomic E-state index is -0.575. The highest BCUT2D eigenvalue weighted by molar-refractivity contribution is 5.93. The molecule has 2 unspecified atom stereocenters. The van der Waals surface area contributed by atoms with Gasteiger partial charge in [-0.2, -0.15) is 0 Å². The summed E-state index contributed by atoms with van der Waals surface area (Å²) in [5.41, 5.74) is 3.10. The highest BCUT2D eigenvalue weighted by Crippen LogP contribution is 2.41. The second-order valence-electron chi connectivity index (χ2n) is 10.3. The van der Waals surface area contributed by atoms with E-state index < -0.39 is 17.7 Å². The molecular formula is C30H35N3O4. The fraction of sp³-hybridized carbons (Fsp3) is 0.367. The zero-order chi connectivity index (χ0) is 26.4. The van der Waals surface area contributed by atoms with Crippen LogP contribution in [0.5, 0.6) is 0 Å². The van der Waals surface area contributed by atoms with Gasteiger partial charge >= 0.3 is 12.1 Å². The molecule has 7 nitrogen and oxygen atoms in total. The Morgan fingerprint density at radius 2 is 1.81 bits per heavy atom. The molecule has 2 aliphatic rings. The minimum absolute atomic E-state index is 0.0637. The monoisotopic (exact) mass is 501 g/mol. The lowest BCUT2D eigenvalue weighted by molar-refractivity contribution is 0.0433. The minimum Gasteiger partial charge on any atom is -0.460 e. The van der Waals surface area contributed by atoms with Crippen molar-refractivity contribution in [2.45, 2.75) is 52.2 Å². The predicted octanol–water partition coefficient (Wildman–Crippen LogP) is 6.33. The summed E-state index contributed by atoms with van der Waals surface area (Å²) < 4.78 is 10.5. The number of rotatable bonds is 7. The van der Waals surface area contributed by atoms with Crippen LogP contribution >= 0.6 is 0 Å². The van der Waals surface area contributed by atoms with Crippen molar-refractivity contribution in [2.24, 2.45) is 10.9 Å². The Hall–Kier alpha value is -3.87. The van der Waals surface area contributed by atoms with Crippen molar-refractivity contribution in [1.29, 1.82) is 0 Å². The van der Waals surface area contributed by atoms with Gasteiger partial charge in [-0.25, -0.2) is 14.6 Å². The molecular weight excluding hydrogens is 466 g/mol. The molecule has 1 N–H and O–H groups in total. The summed E-state index contributed by atoms with van der Waals surface area (Å²) in [6.07, 6.45) is 8.00. The van der Waals surface area contributed by atoms with E-state index in [1.165, 1.54) is 0 Å². The lowest BCUT2D eigenvalue weighted by Gasteiger charge is -2.45. The third-order valence-corrected chi connectivity index (χ3v) is 6.04. The van der Waals surface area contributed by atoms with E-state index in [0.29, 0.717) is 11.5 Å². The average Bonchev–Trinajstić information content (AvgIpc) is 2.84. The van der Waals surface area contributed by atoms with Crippen LogP contribution in [0, 0.1) is 5.92 Å². The molecule has 1 fully saturated rings. The second kappa shape index (κ2) is 11.5. The van der Waals surface area contributed by atoms with Crippen LogP contribution in [0.3, 0.4) is 0 Å². The molecule has 2 aromatic rings. The van der Waals surface area contributed by atoms with Crippen LogP contribution in [-0.2, 0) is 9.47 Å². The molecule has 0 spiro atoms. The fourth-order valence-electron chi connectivity index (χ4n) is 4.29. The van der Waals surface area contributed by atoms with Crippen LogP contribution in [0.4, 0.5) is 10.5 Å². The highest BCUT2D eigenvalue weighted by atomic mass is 16.6. The standard InChI is InChI=1S/C30H35N3O4/c1-21-9-8-12-25(19-21)33-26(20-27(33)32-24-10-6-5-7-11-24)22-13-15-23(16-14-22)28(34)36-18-17-31-29(35)37-30(2,3)4/h5-8,10-16,19,21,26H,9,17-18,20H2,1-4H3,(H,31,35)/b32-27+. The number of carbonyl (C=O) groups excluding carboxylic acids is 2. The Labute approximate surface area is 218 Å². The number of ether oxygens (including phenoxy) is 2. The van der Waals surface area contributed by atoms with Crippen molar-refractivity contribution in [1.82, 2.24) is 10.2 Å². The van der Waals surface area contributed by atoms with Gasteiger partial charge in [0.05, 0.1) is 23.8 Å². The summed E-state index contributed by atoms with van der Waals surface area (Å²) in [7, 11) is 0. The maximum absolute atomic E-state index is 12.5. The SMILES string of the molecule is CC1C=C(N2/C(=N/c3ccccc3)CC2c2ccc(C(=O)OCCNC(=O)OC(C)(C)C)cc2)C=CC1. The zero-order valence-corrected chi connectivity index (χ0v) is 21.9. The number of nitrogens with one attached hydrogen (secondary N) is 1. The van der Waals surface area contributed by atoms with Crippen LogP contribution in [0.1, 0.15) is 62.5 Å². The van der Waals surface area contributed by atoms with Gasteiger partial charge in [-0.15, -0.1) is 0 Å².